The van der Waals surface area contributed by atoms with Gasteiger partial charge < -0.3 is 14.8 Å². The van der Waals surface area contributed by atoms with Crippen molar-refractivity contribution in [2.24, 2.45) is 0 Å². The maximum atomic E-state index is 12.7. The van der Waals surface area contributed by atoms with Gasteiger partial charge in [0.15, 0.2) is 0 Å². The van der Waals surface area contributed by atoms with E-state index in [-0.39, 0.29) is 5.91 Å². The van der Waals surface area contributed by atoms with Gasteiger partial charge >= 0.3 is 0 Å². The Morgan fingerprint density at radius 2 is 1.96 bits per heavy atom. The van der Waals surface area contributed by atoms with Crippen LogP contribution in [0, 0.1) is 0 Å². The van der Waals surface area contributed by atoms with Crippen LogP contribution >= 0.6 is 11.6 Å². The summed E-state index contributed by atoms with van der Waals surface area (Å²) in [5.74, 6) is 0.967. The maximum Gasteiger partial charge on any atom is 0.227 e. The summed E-state index contributed by atoms with van der Waals surface area (Å²) >= 11 is 5.93. The Morgan fingerprint density at radius 1 is 1.16 bits per heavy atom. The molecular weight excluding hydrogens is 338 g/mol. The predicted octanol–water partition coefficient (Wildman–Crippen LogP) is 2.50. The average molecular weight is 356 g/mol. The number of amides is 1. The molecule has 3 heterocycles. The van der Waals surface area contributed by atoms with Crippen molar-refractivity contribution in [2.75, 3.05) is 31.1 Å². The van der Waals surface area contributed by atoms with Gasteiger partial charge in [0.1, 0.15) is 17.3 Å². The molecule has 128 valence electrons. The van der Waals surface area contributed by atoms with Crippen LogP contribution in [0.2, 0.25) is 5.15 Å². The normalized spacial score (nSPS) is 14.9. The molecule has 1 N–H and O–H groups in total. The topological polar surface area (TPSA) is 65.1 Å². The molecule has 1 aromatic carbocycles. The first-order valence-corrected chi connectivity index (χ1v) is 8.64. The number of hydrogen-bond donors (Lipinski definition) is 1. The van der Waals surface area contributed by atoms with Gasteiger partial charge in [-0.3, -0.25) is 4.79 Å². The molecule has 1 aliphatic rings. The number of nitrogens with one attached hydrogen (secondary N) is 1. The summed E-state index contributed by atoms with van der Waals surface area (Å²) in [4.78, 5) is 28.1. The number of nitrogens with zero attached hydrogens (tertiary/aromatic N) is 4. The van der Waals surface area contributed by atoms with Crippen molar-refractivity contribution in [1.29, 1.82) is 0 Å². The van der Waals surface area contributed by atoms with Gasteiger partial charge in [-0.1, -0.05) is 29.8 Å². The van der Waals surface area contributed by atoms with Crippen LogP contribution < -0.4 is 4.90 Å². The van der Waals surface area contributed by atoms with Gasteiger partial charge in [0.2, 0.25) is 5.91 Å². The van der Waals surface area contributed by atoms with Crippen LogP contribution in [0.3, 0.4) is 0 Å². The second-order valence-electron chi connectivity index (χ2n) is 6.10. The minimum atomic E-state index is 0.158. The largest absolute Gasteiger partial charge is 0.361 e. The lowest BCUT2D eigenvalue weighted by Gasteiger charge is -2.35. The van der Waals surface area contributed by atoms with E-state index in [4.69, 9.17) is 11.6 Å². The molecule has 0 atom stereocenters. The first kappa shape index (κ1) is 15.9. The Morgan fingerprint density at radius 3 is 2.76 bits per heavy atom. The molecule has 1 amide bonds. The number of halogens is 1. The first-order valence-electron chi connectivity index (χ1n) is 8.26. The lowest BCUT2D eigenvalue weighted by atomic mass is 10.1. The third kappa shape index (κ3) is 3.30. The van der Waals surface area contributed by atoms with E-state index in [2.05, 4.69) is 19.9 Å². The van der Waals surface area contributed by atoms with Crippen molar-refractivity contribution in [3.8, 4) is 0 Å². The van der Waals surface area contributed by atoms with Crippen molar-refractivity contribution >= 4 is 34.2 Å². The summed E-state index contributed by atoms with van der Waals surface area (Å²) in [6, 6.07) is 9.81. The van der Waals surface area contributed by atoms with E-state index in [1.807, 2.05) is 35.4 Å². The van der Waals surface area contributed by atoms with Gasteiger partial charge in [-0.2, -0.15) is 0 Å². The summed E-state index contributed by atoms with van der Waals surface area (Å²) in [5.41, 5.74) is 2.11. The average Bonchev–Trinajstić information content (AvgIpc) is 3.05. The van der Waals surface area contributed by atoms with Crippen LogP contribution in [-0.4, -0.2) is 51.9 Å². The molecule has 1 fully saturated rings. The number of para-hydroxylation sites is 1. The van der Waals surface area contributed by atoms with Crippen LogP contribution in [0.25, 0.3) is 10.9 Å². The fraction of sp³-hybridized carbons (Fsp3) is 0.278. The van der Waals surface area contributed by atoms with Gasteiger partial charge in [-0.05, 0) is 11.6 Å². The summed E-state index contributed by atoms with van der Waals surface area (Å²) in [5, 5.41) is 1.55. The number of carbonyl (C=O) groups excluding carboxylic acids is 1. The maximum absolute atomic E-state index is 12.7. The molecule has 1 saturated heterocycles. The minimum Gasteiger partial charge on any atom is -0.361 e. The molecule has 4 rings (SSSR count). The predicted molar refractivity (Wildman–Crippen MR) is 97.8 cm³/mol. The highest BCUT2D eigenvalue weighted by Gasteiger charge is 2.22. The van der Waals surface area contributed by atoms with Crippen molar-refractivity contribution in [1.82, 2.24) is 19.9 Å². The van der Waals surface area contributed by atoms with Crippen LogP contribution in [0.5, 0.6) is 0 Å². The van der Waals surface area contributed by atoms with Crippen LogP contribution in [-0.2, 0) is 11.2 Å². The number of aromatic nitrogens is 3. The zero-order valence-corrected chi connectivity index (χ0v) is 14.4. The molecule has 6 nitrogen and oxygen atoms in total. The Hall–Kier alpha value is -2.60. The third-order valence-corrected chi connectivity index (χ3v) is 4.80. The third-order valence-electron chi connectivity index (χ3n) is 4.59. The Bertz CT molecular complexity index is 901. The van der Waals surface area contributed by atoms with E-state index in [1.165, 1.54) is 6.33 Å². The summed E-state index contributed by atoms with van der Waals surface area (Å²) < 4.78 is 0. The lowest BCUT2D eigenvalue weighted by molar-refractivity contribution is -0.130. The van der Waals surface area contributed by atoms with E-state index in [0.717, 1.165) is 35.4 Å². The van der Waals surface area contributed by atoms with Gasteiger partial charge in [-0.25, -0.2) is 9.97 Å². The molecule has 0 saturated carbocycles. The van der Waals surface area contributed by atoms with Crippen LogP contribution in [0.1, 0.15) is 5.56 Å². The second-order valence-corrected chi connectivity index (χ2v) is 6.49. The minimum absolute atomic E-state index is 0.158. The van der Waals surface area contributed by atoms with E-state index in [0.29, 0.717) is 24.7 Å². The van der Waals surface area contributed by atoms with E-state index >= 15 is 0 Å². The molecule has 3 aromatic rings. The number of H-pyrrole nitrogens is 1. The molecule has 2 aromatic heterocycles. The lowest BCUT2D eigenvalue weighted by Crippen LogP contribution is -2.49. The first-order chi connectivity index (χ1) is 12.2. The molecule has 0 spiro atoms. The number of carbonyl (C=O) groups is 1. The van der Waals surface area contributed by atoms with Gasteiger partial charge in [0.05, 0.1) is 6.42 Å². The summed E-state index contributed by atoms with van der Waals surface area (Å²) in [6.07, 6.45) is 3.82. The smallest absolute Gasteiger partial charge is 0.227 e. The number of hydrogen-bond acceptors (Lipinski definition) is 4. The van der Waals surface area contributed by atoms with Gasteiger partial charge in [0, 0.05) is 49.3 Å². The Labute approximate surface area is 150 Å². The van der Waals surface area contributed by atoms with Crippen molar-refractivity contribution in [3.05, 3.63) is 53.6 Å². The molecule has 0 bridgehead atoms. The highest BCUT2D eigenvalue weighted by atomic mass is 35.5. The van der Waals surface area contributed by atoms with Gasteiger partial charge in [0.25, 0.3) is 0 Å². The fourth-order valence-electron chi connectivity index (χ4n) is 3.23. The number of fused-ring (bicyclic) bond motifs is 1. The zero-order valence-electron chi connectivity index (χ0n) is 13.7. The second kappa shape index (κ2) is 6.72. The fourth-order valence-corrected chi connectivity index (χ4v) is 3.38. The highest BCUT2D eigenvalue weighted by molar-refractivity contribution is 6.29. The quantitative estimate of drug-likeness (QED) is 0.733. The van der Waals surface area contributed by atoms with Gasteiger partial charge in [-0.15, -0.1) is 0 Å². The summed E-state index contributed by atoms with van der Waals surface area (Å²) in [7, 11) is 0. The molecule has 0 radical (unpaired) electrons. The number of rotatable bonds is 3. The molecule has 0 unspecified atom stereocenters. The SMILES string of the molecule is O=C(Cc1c[nH]c2ccccc12)N1CCN(c2cc(Cl)ncn2)CC1. The molecular formula is C18H18ClN5O. The number of aromatic amines is 1. The molecule has 7 heteroatoms. The zero-order chi connectivity index (χ0) is 17.2. The van der Waals surface area contributed by atoms with Crippen molar-refractivity contribution < 1.29 is 4.79 Å². The molecule has 25 heavy (non-hydrogen) atoms. The summed E-state index contributed by atoms with van der Waals surface area (Å²) in [6.45, 7) is 2.85. The van der Waals surface area contributed by atoms with Crippen LogP contribution in [0.15, 0.2) is 42.9 Å². The standard InChI is InChI=1S/C18H18ClN5O/c19-16-10-17(22-12-21-16)23-5-7-24(8-6-23)18(25)9-13-11-20-15-4-2-1-3-14(13)15/h1-4,10-12,20H,5-9H2. The molecule has 0 aliphatic carbocycles. The number of anilines is 1. The van der Waals surface area contributed by atoms with E-state index in [1.54, 1.807) is 6.07 Å². The van der Waals surface area contributed by atoms with Crippen molar-refractivity contribution in [2.45, 2.75) is 6.42 Å². The van der Waals surface area contributed by atoms with Crippen LogP contribution in [0.4, 0.5) is 5.82 Å². The molecule has 1 aliphatic heterocycles. The Balaban J connectivity index is 1.40. The number of piperazine rings is 1. The number of benzene rings is 1. The van der Waals surface area contributed by atoms with Crippen molar-refractivity contribution in [3.63, 3.8) is 0 Å². The van der Waals surface area contributed by atoms with E-state index < -0.39 is 0 Å². The van der Waals surface area contributed by atoms with E-state index in [9.17, 15) is 4.79 Å². The Kier molecular flexibility index (Phi) is 4.28. The highest BCUT2D eigenvalue weighted by Crippen LogP contribution is 2.20. The monoisotopic (exact) mass is 355 g/mol.